The third-order valence-electron chi connectivity index (χ3n) is 3.46. The first-order chi connectivity index (χ1) is 10.4. The van der Waals surface area contributed by atoms with Crippen molar-refractivity contribution in [1.82, 2.24) is 24.6 Å². The van der Waals surface area contributed by atoms with Crippen molar-refractivity contribution in [3.63, 3.8) is 0 Å². The second-order valence-electron chi connectivity index (χ2n) is 5.17. The third kappa shape index (κ3) is 3.17. The Bertz CT molecular complexity index is 802. The van der Waals surface area contributed by atoms with Crippen LogP contribution in [0.5, 0.6) is 0 Å². The van der Waals surface area contributed by atoms with Crippen LogP contribution in [0.4, 0.5) is 10.6 Å². The molecule has 0 saturated carbocycles. The van der Waals surface area contributed by atoms with E-state index in [1.54, 1.807) is 12.3 Å². The third-order valence-corrected chi connectivity index (χ3v) is 4.73. The molecular weight excluding hydrogens is 308 g/mol. The minimum Gasteiger partial charge on any atom is -0.345 e. The molecular formula is C12H16N6O3S. The van der Waals surface area contributed by atoms with E-state index < -0.39 is 16.1 Å². The molecule has 0 aromatic carbocycles. The number of H-pyrrole nitrogens is 1. The van der Waals surface area contributed by atoms with Gasteiger partial charge in [-0.3, -0.25) is 5.32 Å². The summed E-state index contributed by atoms with van der Waals surface area (Å²) < 4.78 is 24.2. The SMILES string of the molecule is CS(=O)(=O)N1CC[C@H](NC(=O)Nc2cnc3[nH]ccc3n2)C1. The fourth-order valence-corrected chi connectivity index (χ4v) is 3.26. The summed E-state index contributed by atoms with van der Waals surface area (Å²) in [7, 11) is -3.21. The van der Waals surface area contributed by atoms with Gasteiger partial charge in [0.1, 0.15) is 5.52 Å². The van der Waals surface area contributed by atoms with E-state index in [-0.39, 0.29) is 12.6 Å². The average molecular weight is 324 g/mol. The number of hydrogen-bond acceptors (Lipinski definition) is 5. The number of rotatable bonds is 3. The second-order valence-corrected chi connectivity index (χ2v) is 7.15. The zero-order valence-corrected chi connectivity index (χ0v) is 12.7. The zero-order chi connectivity index (χ0) is 15.7. The minimum absolute atomic E-state index is 0.210. The van der Waals surface area contributed by atoms with Crippen LogP contribution in [0, 0.1) is 0 Å². The Kier molecular flexibility index (Phi) is 3.71. The van der Waals surface area contributed by atoms with Crippen LogP contribution in [0.1, 0.15) is 6.42 Å². The number of urea groups is 1. The van der Waals surface area contributed by atoms with E-state index in [1.807, 2.05) is 0 Å². The summed E-state index contributed by atoms with van der Waals surface area (Å²) in [5.41, 5.74) is 1.30. The fourth-order valence-electron chi connectivity index (χ4n) is 2.38. The number of carbonyl (C=O) groups excluding carboxylic acids is 1. The van der Waals surface area contributed by atoms with Gasteiger partial charge in [-0.25, -0.2) is 27.5 Å². The number of fused-ring (bicyclic) bond motifs is 1. The van der Waals surface area contributed by atoms with Gasteiger partial charge in [-0.15, -0.1) is 0 Å². The number of sulfonamides is 1. The van der Waals surface area contributed by atoms with Crippen LogP contribution >= 0.6 is 0 Å². The van der Waals surface area contributed by atoms with Gasteiger partial charge in [0.25, 0.3) is 0 Å². The van der Waals surface area contributed by atoms with E-state index in [9.17, 15) is 13.2 Å². The second kappa shape index (κ2) is 5.54. The molecule has 3 N–H and O–H groups in total. The topological polar surface area (TPSA) is 120 Å². The zero-order valence-electron chi connectivity index (χ0n) is 11.9. The molecule has 2 amide bonds. The highest BCUT2D eigenvalue weighted by molar-refractivity contribution is 7.88. The predicted octanol–water partition coefficient (Wildman–Crippen LogP) is 0.113. The molecule has 1 aliphatic heterocycles. The Morgan fingerprint density at radius 3 is 3.05 bits per heavy atom. The van der Waals surface area contributed by atoms with E-state index in [0.717, 1.165) is 6.26 Å². The van der Waals surface area contributed by atoms with Gasteiger partial charge >= 0.3 is 6.03 Å². The van der Waals surface area contributed by atoms with Gasteiger partial charge < -0.3 is 10.3 Å². The van der Waals surface area contributed by atoms with Gasteiger partial charge in [0, 0.05) is 25.3 Å². The maximum absolute atomic E-state index is 11.9. The Labute approximate surface area is 127 Å². The molecule has 2 aromatic heterocycles. The molecule has 1 fully saturated rings. The van der Waals surface area contributed by atoms with Crippen LogP contribution in [-0.2, 0) is 10.0 Å². The van der Waals surface area contributed by atoms with Crippen molar-refractivity contribution in [3.05, 3.63) is 18.5 Å². The number of anilines is 1. The molecule has 1 aliphatic rings. The monoisotopic (exact) mass is 324 g/mol. The van der Waals surface area contributed by atoms with Crippen molar-refractivity contribution < 1.29 is 13.2 Å². The largest absolute Gasteiger partial charge is 0.345 e. The van der Waals surface area contributed by atoms with Crippen molar-refractivity contribution in [1.29, 1.82) is 0 Å². The van der Waals surface area contributed by atoms with Crippen molar-refractivity contribution in [2.24, 2.45) is 0 Å². The Hall–Kier alpha value is -2.20. The molecule has 3 heterocycles. The smallest absolute Gasteiger partial charge is 0.320 e. The Morgan fingerprint density at radius 1 is 1.50 bits per heavy atom. The van der Waals surface area contributed by atoms with Crippen molar-refractivity contribution in [2.75, 3.05) is 24.7 Å². The molecule has 1 atom stereocenters. The number of amides is 2. The Balaban J connectivity index is 1.59. The minimum atomic E-state index is -3.21. The van der Waals surface area contributed by atoms with Gasteiger partial charge in [0.05, 0.1) is 12.5 Å². The molecule has 118 valence electrons. The van der Waals surface area contributed by atoms with E-state index >= 15 is 0 Å². The van der Waals surface area contributed by atoms with Crippen LogP contribution in [-0.4, -0.2) is 59.1 Å². The number of hydrogen-bond donors (Lipinski definition) is 3. The van der Waals surface area contributed by atoms with Gasteiger partial charge in [0.2, 0.25) is 10.0 Å². The molecule has 1 saturated heterocycles. The molecule has 10 heteroatoms. The summed E-state index contributed by atoms with van der Waals surface area (Å²) >= 11 is 0. The highest BCUT2D eigenvalue weighted by Gasteiger charge is 2.29. The van der Waals surface area contributed by atoms with E-state index in [2.05, 4.69) is 25.6 Å². The maximum Gasteiger partial charge on any atom is 0.320 e. The number of aromatic amines is 1. The highest BCUT2D eigenvalue weighted by Crippen LogP contribution is 2.13. The van der Waals surface area contributed by atoms with E-state index in [1.165, 1.54) is 10.5 Å². The summed E-state index contributed by atoms with van der Waals surface area (Å²) in [5.74, 6) is 0.336. The van der Waals surface area contributed by atoms with E-state index in [4.69, 9.17) is 0 Å². The molecule has 9 nitrogen and oxygen atoms in total. The summed E-state index contributed by atoms with van der Waals surface area (Å²) in [6.07, 6.45) is 4.92. The highest BCUT2D eigenvalue weighted by atomic mass is 32.2. The summed E-state index contributed by atoms with van der Waals surface area (Å²) in [5, 5.41) is 5.34. The summed E-state index contributed by atoms with van der Waals surface area (Å²) in [6.45, 7) is 0.702. The molecule has 0 spiro atoms. The number of carbonyl (C=O) groups is 1. The van der Waals surface area contributed by atoms with Crippen molar-refractivity contribution >= 4 is 33.0 Å². The molecule has 2 aromatic rings. The normalized spacial score (nSPS) is 19.4. The first-order valence-electron chi connectivity index (χ1n) is 6.74. The van der Waals surface area contributed by atoms with Crippen molar-refractivity contribution in [3.8, 4) is 0 Å². The standard InChI is InChI=1S/C12H16N6O3S/c1-22(20,21)18-5-3-8(7-18)15-12(19)17-10-6-14-11-9(16-10)2-4-13-11/h2,4,6,8H,3,5,7H2,1H3,(H,13,14)(H2,15,16,17,19)/t8-/m0/s1. The maximum atomic E-state index is 11.9. The lowest BCUT2D eigenvalue weighted by atomic mass is 10.3. The number of nitrogens with one attached hydrogen (secondary N) is 3. The van der Waals surface area contributed by atoms with Crippen LogP contribution in [0.2, 0.25) is 0 Å². The van der Waals surface area contributed by atoms with Crippen LogP contribution in [0.15, 0.2) is 18.5 Å². The molecule has 22 heavy (non-hydrogen) atoms. The van der Waals surface area contributed by atoms with Gasteiger partial charge in [-0.2, -0.15) is 0 Å². The predicted molar refractivity (Wildman–Crippen MR) is 80.9 cm³/mol. The Morgan fingerprint density at radius 2 is 2.32 bits per heavy atom. The van der Waals surface area contributed by atoms with Crippen LogP contribution < -0.4 is 10.6 Å². The van der Waals surface area contributed by atoms with E-state index in [0.29, 0.717) is 29.9 Å². The van der Waals surface area contributed by atoms with Gasteiger partial charge in [-0.05, 0) is 12.5 Å². The van der Waals surface area contributed by atoms with Crippen molar-refractivity contribution in [2.45, 2.75) is 12.5 Å². The number of nitrogens with zero attached hydrogens (tertiary/aromatic N) is 3. The van der Waals surface area contributed by atoms with Gasteiger partial charge in [-0.1, -0.05) is 0 Å². The number of aromatic nitrogens is 3. The first-order valence-corrected chi connectivity index (χ1v) is 8.59. The van der Waals surface area contributed by atoms with Crippen LogP contribution in [0.25, 0.3) is 11.2 Å². The molecule has 0 bridgehead atoms. The quantitative estimate of drug-likeness (QED) is 0.740. The lowest BCUT2D eigenvalue weighted by Gasteiger charge is -2.14. The molecule has 0 radical (unpaired) electrons. The fraction of sp³-hybridized carbons (Fsp3) is 0.417. The van der Waals surface area contributed by atoms with Crippen LogP contribution in [0.3, 0.4) is 0 Å². The summed E-state index contributed by atoms with van der Waals surface area (Å²) in [4.78, 5) is 23.2. The lowest BCUT2D eigenvalue weighted by molar-refractivity contribution is 0.248. The molecule has 0 aliphatic carbocycles. The lowest BCUT2D eigenvalue weighted by Crippen LogP contribution is -2.40. The first kappa shape index (κ1) is 14.7. The summed E-state index contributed by atoms with van der Waals surface area (Å²) in [6, 6.07) is 1.12. The van der Waals surface area contributed by atoms with Gasteiger partial charge in [0.15, 0.2) is 11.5 Å². The molecule has 0 unspecified atom stereocenters. The average Bonchev–Trinajstić information content (AvgIpc) is 3.05. The molecule has 3 rings (SSSR count).